The van der Waals surface area contributed by atoms with E-state index in [-0.39, 0.29) is 17.3 Å². The standard InChI is InChI=1S/C16H20BrNO3/c1-18(11-3-4-14(19)21-2)15(20)16(9-10-16)12-5-7-13(17)8-6-12/h5-8H,3-4,9-11H2,1-2H3. The van der Waals surface area contributed by atoms with Crippen LogP contribution < -0.4 is 0 Å². The molecule has 1 aromatic carbocycles. The average Bonchev–Trinajstić information content (AvgIpc) is 3.28. The lowest BCUT2D eigenvalue weighted by Crippen LogP contribution is -2.37. The van der Waals surface area contributed by atoms with Crippen molar-refractivity contribution in [1.82, 2.24) is 4.90 Å². The molecule has 21 heavy (non-hydrogen) atoms. The molecule has 0 N–H and O–H groups in total. The zero-order chi connectivity index (χ0) is 15.5. The van der Waals surface area contributed by atoms with Crippen molar-refractivity contribution >= 4 is 27.8 Å². The van der Waals surface area contributed by atoms with Crippen molar-refractivity contribution in [3.63, 3.8) is 0 Å². The van der Waals surface area contributed by atoms with Crippen molar-refractivity contribution in [3.05, 3.63) is 34.3 Å². The van der Waals surface area contributed by atoms with Crippen molar-refractivity contribution in [2.24, 2.45) is 0 Å². The summed E-state index contributed by atoms with van der Waals surface area (Å²) in [6, 6.07) is 7.97. The Bertz CT molecular complexity index is 523. The van der Waals surface area contributed by atoms with Gasteiger partial charge in [0.15, 0.2) is 0 Å². The third-order valence-corrected chi connectivity index (χ3v) is 4.53. The molecule has 1 aromatic rings. The molecule has 1 aliphatic carbocycles. The first kappa shape index (κ1) is 16.0. The monoisotopic (exact) mass is 353 g/mol. The Morgan fingerprint density at radius 1 is 1.29 bits per heavy atom. The lowest BCUT2D eigenvalue weighted by molar-refractivity contribution is -0.141. The van der Waals surface area contributed by atoms with Gasteiger partial charge in [-0.2, -0.15) is 0 Å². The number of likely N-dealkylation sites (N-methyl/N-ethyl adjacent to an activating group) is 1. The highest BCUT2D eigenvalue weighted by molar-refractivity contribution is 9.10. The molecule has 0 saturated heterocycles. The summed E-state index contributed by atoms with van der Waals surface area (Å²) in [7, 11) is 3.18. The number of ether oxygens (including phenoxy) is 1. The Morgan fingerprint density at radius 2 is 1.90 bits per heavy atom. The van der Waals surface area contributed by atoms with Gasteiger partial charge in [-0.05, 0) is 37.0 Å². The molecule has 5 heteroatoms. The van der Waals surface area contributed by atoms with Crippen LogP contribution in [0.4, 0.5) is 0 Å². The number of carbonyl (C=O) groups is 2. The SMILES string of the molecule is COC(=O)CCCN(C)C(=O)C1(c2ccc(Br)cc2)CC1. The Balaban J connectivity index is 1.95. The van der Waals surface area contributed by atoms with E-state index in [1.165, 1.54) is 7.11 Å². The van der Waals surface area contributed by atoms with Crippen LogP contribution in [0.3, 0.4) is 0 Å². The third-order valence-electron chi connectivity index (χ3n) is 4.00. The topological polar surface area (TPSA) is 46.6 Å². The van der Waals surface area contributed by atoms with Crippen molar-refractivity contribution < 1.29 is 14.3 Å². The van der Waals surface area contributed by atoms with Crippen LogP contribution in [0.25, 0.3) is 0 Å². The summed E-state index contributed by atoms with van der Waals surface area (Å²) in [6.07, 6.45) is 2.77. The zero-order valence-corrected chi connectivity index (χ0v) is 14.0. The molecule has 0 radical (unpaired) electrons. The molecule has 1 aliphatic rings. The molecule has 0 atom stereocenters. The van der Waals surface area contributed by atoms with Crippen LogP contribution in [-0.4, -0.2) is 37.5 Å². The minimum absolute atomic E-state index is 0.148. The van der Waals surface area contributed by atoms with Gasteiger partial charge < -0.3 is 9.64 Å². The number of halogens is 1. The van der Waals surface area contributed by atoms with Crippen LogP contribution in [0, 0.1) is 0 Å². The van der Waals surface area contributed by atoms with Gasteiger partial charge in [0.05, 0.1) is 12.5 Å². The fourth-order valence-electron chi connectivity index (χ4n) is 2.55. The van der Waals surface area contributed by atoms with E-state index >= 15 is 0 Å². The van der Waals surface area contributed by atoms with Gasteiger partial charge in [-0.15, -0.1) is 0 Å². The quantitative estimate of drug-likeness (QED) is 0.738. The van der Waals surface area contributed by atoms with Crippen LogP contribution in [0.15, 0.2) is 28.7 Å². The van der Waals surface area contributed by atoms with E-state index < -0.39 is 0 Å². The lowest BCUT2D eigenvalue weighted by atomic mass is 9.94. The maximum absolute atomic E-state index is 12.7. The second-order valence-corrected chi connectivity index (χ2v) is 6.41. The van der Waals surface area contributed by atoms with E-state index in [1.54, 1.807) is 11.9 Å². The lowest BCUT2D eigenvalue weighted by Gasteiger charge is -2.24. The van der Waals surface area contributed by atoms with E-state index in [4.69, 9.17) is 0 Å². The normalized spacial score (nSPS) is 15.4. The molecule has 0 aromatic heterocycles. The van der Waals surface area contributed by atoms with E-state index in [0.29, 0.717) is 19.4 Å². The smallest absolute Gasteiger partial charge is 0.305 e. The van der Waals surface area contributed by atoms with Gasteiger partial charge in [-0.3, -0.25) is 9.59 Å². The van der Waals surface area contributed by atoms with Crippen molar-refractivity contribution in [2.45, 2.75) is 31.1 Å². The molecule has 1 amide bonds. The minimum Gasteiger partial charge on any atom is -0.469 e. The minimum atomic E-state index is -0.347. The Labute approximate surface area is 133 Å². The molecule has 1 saturated carbocycles. The van der Waals surface area contributed by atoms with E-state index in [1.807, 2.05) is 24.3 Å². The number of amides is 1. The Morgan fingerprint density at radius 3 is 2.43 bits per heavy atom. The van der Waals surface area contributed by atoms with Gasteiger partial charge >= 0.3 is 5.97 Å². The number of methoxy groups -OCH3 is 1. The second-order valence-electron chi connectivity index (χ2n) is 5.50. The highest BCUT2D eigenvalue weighted by Gasteiger charge is 2.52. The van der Waals surface area contributed by atoms with Gasteiger partial charge in [0.25, 0.3) is 0 Å². The number of esters is 1. The second kappa shape index (κ2) is 6.60. The third kappa shape index (κ3) is 3.64. The molecular formula is C16H20BrNO3. The van der Waals surface area contributed by atoms with E-state index in [0.717, 1.165) is 22.9 Å². The molecule has 4 nitrogen and oxygen atoms in total. The first-order valence-electron chi connectivity index (χ1n) is 7.08. The molecule has 0 unspecified atom stereocenters. The van der Waals surface area contributed by atoms with Crippen LogP contribution in [0.5, 0.6) is 0 Å². The highest BCUT2D eigenvalue weighted by Crippen LogP contribution is 2.49. The molecule has 0 bridgehead atoms. The van der Waals surface area contributed by atoms with Gasteiger partial charge in [0.2, 0.25) is 5.91 Å². The maximum atomic E-state index is 12.7. The summed E-state index contributed by atoms with van der Waals surface area (Å²) in [5, 5.41) is 0. The van der Waals surface area contributed by atoms with Crippen LogP contribution >= 0.6 is 15.9 Å². The summed E-state index contributed by atoms with van der Waals surface area (Å²) in [4.78, 5) is 25.5. The summed E-state index contributed by atoms with van der Waals surface area (Å²) in [6.45, 7) is 0.576. The largest absolute Gasteiger partial charge is 0.469 e. The highest BCUT2D eigenvalue weighted by atomic mass is 79.9. The van der Waals surface area contributed by atoms with Crippen LogP contribution in [0.2, 0.25) is 0 Å². The van der Waals surface area contributed by atoms with Crippen LogP contribution in [-0.2, 0) is 19.7 Å². The van der Waals surface area contributed by atoms with E-state index in [2.05, 4.69) is 20.7 Å². The zero-order valence-electron chi connectivity index (χ0n) is 12.4. The summed E-state index contributed by atoms with van der Waals surface area (Å²) in [5.41, 5.74) is 0.733. The fraction of sp³-hybridized carbons (Fsp3) is 0.500. The summed E-state index contributed by atoms with van der Waals surface area (Å²) in [5.74, 6) is -0.0837. The maximum Gasteiger partial charge on any atom is 0.305 e. The van der Waals surface area contributed by atoms with Gasteiger partial charge in [0, 0.05) is 24.5 Å². The first-order valence-corrected chi connectivity index (χ1v) is 7.87. The first-order chi connectivity index (χ1) is 9.99. The molecule has 114 valence electrons. The predicted octanol–water partition coefficient (Wildman–Crippen LogP) is 2.89. The predicted molar refractivity (Wildman–Crippen MR) is 83.9 cm³/mol. The van der Waals surface area contributed by atoms with Gasteiger partial charge in [0.1, 0.15) is 0 Å². The molecule has 0 spiro atoms. The number of nitrogens with zero attached hydrogens (tertiary/aromatic N) is 1. The number of benzene rings is 1. The Kier molecular flexibility index (Phi) is 5.04. The number of rotatable bonds is 6. The molecule has 2 rings (SSSR count). The average molecular weight is 354 g/mol. The number of hydrogen-bond donors (Lipinski definition) is 0. The fourth-order valence-corrected chi connectivity index (χ4v) is 2.81. The van der Waals surface area contributed by atoms with Crippen LogP contribution in [0.1, 0.15) is 31.2 Å². The molecular weight excluding hydrogens is 334 g/mol. The molecule has 1 fully saturated rings. The van der Waals surface area contributed by atoms with Gasteiger partial charge in [-0.1, -0.05) is 28.1 Å². The number of carbonyl (C=O) groups excluding carboxylic acids is 2. The summed E-state index contributed by atoms with van der Waals surface area (Å²) >= 11 is 3.41. The van der Waals surface area contributed by atoms with E-state index in [9.17, 15) is 9.59 Å². The summed E-state index contributed by atoms with van der Waals surface area (Å²) < 4.78 is 5.62. The molecule has 0 heterocycles. The Hall–Kier alpha value is -1.36. The molecule has 0 aliphatic heterocycles. The van der Waals surface area contributed by atoms with Crippen molar-refractivity contribution in [3.8, 4) is 0 Å². The van der Waals surface area contributed by atoms with Gasteiger partial charge in [-0.25, -0.2) is 0 Å². The van der Waals surface area contributed by atoms with Crippen molar-refractivity contribution in [2.75, 3.05) is 20.7 Å². The number of hydrogen-bond acceptors (Lipinski definition) is 3. The van der Waals surface area contributed by atoms with Crippen molar-refractivity contribution in [1.29, 1.82) is 0 Å².